The molecule has 1 aromatic heterocycles. The smallest absolute Gasteiger partial charge is 0.254 e. The number of ether oxygens (including phenoxy) is 2. The van der Waals surface area contributed by atoms with E-state index in [1.54, 1.807) is 54.2 Å². The average Bonchev–Trinajstić information content (AvgIpc) is 3.16. The normalized spacial score (nSPS) is 16.7. The molecule has 0 saturated carbocycles. The number of nitrogens with zero attached hydrogens (tertiary/aromatic N) is 3. The molecular weight excluding hydrogens is 360 g/mol. The molecule has 2 N–H and O–H groups in total. The van der Waals surface area contributed by atoms with Gasteiger partial charge in [0, 0.05) is 50.6 Å². The number of likely N-dealkylation sites (tertiary alicyclic amines) is 1. The van der Waals surface area contributed by atoms with Crippen molar-refractivity contribution in [2.75, 3.05) is 33.4 Å². The quantitative estimate of drug-likeness (QED) is 0.724. The van der Waals surface area contributed by atoms with Crippen LogP contribution in [0.3, 0.4) is 0 Å². The Morgan fingerprint density at radius 3 is 2.82 bits per heavy atom. The van der Waals surface area contributed by atoms with Crippen LogP contribution in [-0.4, -0.2) is 59.5 Å². The summed E-state index contributed by atoms with van der Waals surface area (Å²) in [5.41, 5.74) is 6.00. The molecule has 0 aliphatic carbocycles. The fourth-order valence-corrected chi connectivity index (χ4v) is 3.44. The van der Waals surface area contributed by atoms with Gasteiger partial charge >= 0.3 is 0 Å². The molecule has 8 nitrogen and oxygen atoms in total. The van der Waals surface area contributed by atoms with Crippen molar-refractivity contribution >= 4 is 11.7 Å². The first kappa shape index (κ1) is 19.9. The van der Waals surface area contributed by atoms with Crippen molar-refractivity contribution in [2.45, 2.75) is 12.8 Å². The number of ketones is 1. The number of methoxy groups -OCH3 is 1. The number of carbonyl (C=O) groups is 2. The van der Waals surface area contributed by atoms with E-state index in [1.165, 1.54) is 0 Å². The maximum absolute atomic E-state index is 13.0. The van der Waals surface area contributed by atoms with Gasteiger partial charge in [0.1, 0.15) is 6.61 Å². The van der Waals surface area contributed by atoms with Crippen LogP contribution in [0.25, 0.3) is 0 Å². The first-order chi connectivity index (χ1) is 13.5. The number of aromatic nitrogens is 2. The molecule has 2 heterocycles. The average molecular weight is 386 g/mol. The van der Waals surface area contributed by atoms with Crippen LogP contribution in [0.5, 0.6) is 11.5 Å². The molecule has 1 aliphatic rings. The van der Waals surface area contributed by atoms with Crippen LogP contribution in [0.2, 0.25) is 0 Å². The predicted octanol–water partition coefficient (Wildman–Crippen LogP) is 1.50. The lowest BCUT2D eigenvalue weighted by molar-refractivity contribution is 0.0632. The van der Waals surface area contributed by atoms with Crippen molar-refractivity contribution in [1.29, 1.82) is 0 Å². The zero-order chi connectivity index (χ0) is 20.1. The van der Waals surface area contributed by atoms with Crippen molar-refractivity contribution in [3.8, 4) is 11.5 Å². The summed E-state index contributed by atoms with van der Waals surface area (Å²) in [6.07, 6.45) is 4.89. The van der Waals surface area contributed by atoms with Gasteiger partial charge in [0.25, 0.3) is 5.91 Å². The summed E-state index contributed by atoms with van der Waals surface area (Å²) < 4.78 is 12.6. The number of benzene rings is 1. The SMILES string of the molecule is COc1ccc(C(=O)N2CCC[C@H](C(=O)c3nccn3C)C2)cc1OCCN. The first-order valence-electron chi connectivity index (χ1n) is 9.37. The molecule has 150 valence electrons. The molecular formula is C20H26N4O4. The molecule has 2 aromatic rings. The summed E-state index contributed by atoms with van der Waals surface area (Å²) >= 11 is 0. The van der Waals surface area contributed by atoms with E-state index in [1.807, 2.05) is 0 Å². The van der Waals surface area contributed by atoms with Gasteiger partial charge in [-0.15, -0.1) is 0 Å². The van der Waals surface area contributed by atoms with Crippen molar-refractivity contribution < 1.29 is 19.1 Å². The molecule has 28 heavy (non-hydrogen) atoms. The van der Waals surface area contributed by atoms with Crippen molar-refractivity contribution in [2.24, 2.45) is 18.7 Å². The maximum atomic E-state index is 13.0. The van der Waals surface area contributed by atoms with Gasteiger partial charge in [-0.25, -0.2) is 4.98 Å². The highest BCUT2D eigenvalue weighted by molar-refractivity contribution is 5.97. The Bertz CT molecular complexity index is 848. The second-order valence-corrected chi connectivity index (χ2v) is 6.82. The standard InChI is InChI=1S/C20H26N4O4/c1-23-10-8-22-19(23)18(25)15-4-3-9-24(13-15)20(26)14-5-6-16(27-2)17(12-14)28-11-7-21/h5-6,8,10,12,15H,3-4,7,9,11,13,21H2,1-2H3/t15-/m0/s1. The number of hydrogen-bond acceptors (Lipinski definition) is 6. The summed E-state index contributed by atoms with van der Waals surface area (Å²) in [7, 11) is 3.34. The lowest BCUT2D eigenvalue weighted by Crippen LogP contribution is -2.42. The van der Waals surface area contributed by atoms with Gasteiger partial charge in [-0.1, -0.05) is 0 Å². The fraction of sp³-hybridized carbons (Fsp3) is 0.450. The Hall–Kier alpha value is -2.87. The lowest BCUT2D eigenvalue weighted by atomic mass is 9.92. The number of imidazole rings is 1. The van der Waals surface area contributed by atoms with E-state index in [9.17, 15) is 9.59 Å². The summed E-state index contributed by atoms with van der Waals surface area (Å²) in [6, 6.07) is 5.08. The Labute approximate surface area is 164 Å². The van der Waals surface area contributed by atoms with Gasteiger partial charge in [0.05, 0.1) is 7.11 Å². The van der Waals surface area contributed by atoms with Crippen LogP contribution in [0.1, 0.15) is 33.8 Å². The molecule has 0 bridgehead atoms. The molecule has 1 aromatic carbocycles. The first-order valence-corrected chi connectivity index (χ1v) is 9.37. The molecule has 1 saturated heterocycles. The fourth-order valence-electron chi connectivity index (χ4n) is 3.44. The minimum atomic E-state index is -0.245. The van der Waals surface area contributed by atoms with Crippen LogP contribution in [0.4, 0.5) is 0 Å². The van der Waals surface area contributed by atoms with E-state index in [0.29, 0.717) is 49.1 Å². The highest BCUT2D eigenvalue weighted by Gasteiger charge is 2.31. The third kappa shape index (κ3) is 4.17. The van der Waals surface area contributed by atoms with Crippen LogP contribution in [0.15, 0.2) is 30.6 Å². The number of rotatable bonds is 7. The number of aryl methyl sites for hydroxylation is 1. The van der Waals surface area contributed by atoms with Crippen LogP contribution in [0, 0.1) is 5.92 Å². The van der Waals surface area contributed by atoms with Gasteiger partial charge in [-0.2, -0.15) is 0 Å². The van der Waals surface area contributed by atoms with Crippen molar-refractivity contribution in [3.05, 3.63) is 42.0 Å². The highest BCUT2D eigenvalue weighted by Crippen LogP contribution is 2.29. The summed E-state index contributed by atoms with van der Waals surface area (Å²) in [4.78, 5) is 31.7. The highest BCUT2D eigenvalue weighted by atomic mass is 16.5. The van der Waals surface area contributed by atoms with Crippen LogP contribution >= 0.6 is 0 Å². The van der Waals surface area contributed by atoms with Gasteiger partial charge in [-0.3, -0.25) is 9.59 Å². The third-order valence-corrected chi connectivity index (χ3v) is 4.91. The molecule has 8 heteroatoms. The zero-order valence-corrected chi connectivity index (χ0v) is 16.3. The third-order valence-electron chi connectivity index (χ3n) is 4.91. The van der Waals surface area contributed by atoms with E-state index < -0.39 is 0 Å². The monoisotopic (exact) mass is 386 g/mol. The molecule has 0 spiro atoms. The Morgan fingerprint density at radius 2 is 2.14 bits per heavy atom. The topological polar surface area (TPSA) is 99.7 Å². The summed E-state index contributed by atoms with van der Waals surface area (Å²) in [5, 5.41) is 0. The van der Waals surface area contributed by atoms with Crippen LogP contribution < -0.4 is 15.2 Å². The van der Waals surface area contributed by atoms with Crippen LogP contribution in [-0.2, 0) is 7.05 Å². The van der Waals surface area contributed by atoms with E-state index in [2.05, 4.69) is 4.98 Å². The molecule has 1 amide bonds. The number of carbonyl (C=O) groups excluding carboxylic acids is 2. The van der Waals surface area contributed by atoms with Crippen molar-refractivity contribution in [1.82, 2.24) is 14.5 Å². The minimum Gasteiger partial charge on any atom is -0.493 e. The maximum Gasteiger partial charge on any atom is 0.254 e. The number of Topliss-reactive ketones (excluding diaryl/α,β-unsaturated/α-hetero) is 1. The summed E-state index contributed by atoms with van der Waals surface area (Å²) in [6.45, 7) is 1.70. The molecule has 1 aliphatic heterocycles. The van der Waals surface area contributed by atoms with E-state index in [4.69, 9.17) is 15.2 Å². The number of nitrogens with two attached hydrogens (primary N) is 1. The Kier molecular flexibility index (Phi) is 6.30. The number of hydrogen-bond donors (Lipinski definition) is 1. The predicted molar refractivity (Wildman–Crippen MR) is 104 cm³/mol. The number of piperidine rings is 1. The number of amides is 1. The molecule has 3 rings (SSSR count). The summed E-state index contributed by atoms with van der Waals surface area (Å²) in [5.74, 6) is 1.07. The largest absolute Gasteiger partial charge is 0.493 e. The van der Waals surface area contributed by atoms with Gasteiger partial charge in [0.2, 0.25) is 5.78 Å². The zero-order valence-electron chi connectivity index (χ0n) is 16.3. The van der Waals surface area contributed by atoms with Gasteiger partial charge in [0.15, 0.2) is 17.3 Å². The van der Waals surface area contributed by atoms with Crippen molar-refractivity contribution in [3.63, 3.8) is 0 Å². The van der Waals surface area contributed by atoms with E-state index in [0.717, 1.165) is 12.8 Å². The van der Waals surface area contributed by atoms with E-state index in [-0.39, 0.29) is 17.6 Å². The second kappa shape index (κ2) is 8.88. The van der Waals surface area contributed by atoms with Gasteiger partial charge in [-0.05, 0) is 31.0 Å². The molecule has 0 radical (unpaired) electrons. The minimum absolute atomic E-state index is 0.0216. The van der Waals surface area contributed by atoms with Gasteiger partial charge < -0.3 is 24.7 Å². The molecule has 1 fully saturated rings. The van der Waals surface area contributed by atoms with E-state index >= 15 is 0 Å². The lowest BCUT2D eigenvalue weighted by Gasteiger charge is -2.32. The second-order valence-electron chi connectivity index (χ2n) is 6.82. The molecule has 1 atom stereocenters. The molecule has 0 unspecified atom stereocenters. The Morgan fingerprint density at radius 1 is 1.32 bits per heavy atom. The Balaban J connectivity index is 1.75.